The fourth-order valence-corrected chi connectivity index (χ4v) is 4.32. The van der Waals surface area contributed by atoms with E-state index in [4.69, 9.17) is 10.2 Å². The maximum Gasteiger partial charge on any atom is 0.247 e. The van der Waals surface area contributed by atoms with Crippen molar-refractivity contribution in [1.82, 2.24) is 10.2 Å². The normalized spacial score (nSPS) is 12.8. The first-order valence-corrected chi connectivity index (χ1v) is 12.8. The molecule has 2 aromatic heterocycles. The Morgan fingerprint density at radius 1 is 0.886 bits per heavy atom. The first-order chi connectivity index (χ1) is 16.5. The summed E-state index contributed by atoms with van der Waals surface area (Å²) in [6, 6.07) is 18.7. The lowest BCUT2D eigenvalue weighted by molar-refractivity contribution is 0.504. The van der Waals surface area contributed by atoms with Crippen molar-refractivity contribution in [3.63, 3.8) is 0 Å². The Morgan fingerprint density at radius 3 is 2.11 bits per heavy atom. The number of amidine groups is 1. The minimum Gasteiger partial charge on any atom is -0.421 e. The van der Waals surface area contributed by atoms with E-state index in [0.717, 1.165) is 22.5 Å². The zero-order valence-electron chi connectivity index (χ0n) is 21.4. The van der Waals surface area contributed by atoms with Gasteiger partial charge in [-0.2, -0.15) is 0 Å². The van der Waals surface area contributed by atoms with E-state index >= 15 is 0 Å². The summed E-state index contributed by atoms with van der Waals surface area (Å²) in [5, 5.41) is 10.7. The lowest BCUT2D eigenvalue weighted by Crippen LogP contribution is -2.16. The maximum absolute atomic E-state index is 6.09. The zero-order valence-corrected chi connectivity index (χ0v) is 22.2. The Kier molecular flexibility index (Phi) is 6.95. The summed E-state index contributed by atoms with van der Waals surface area (Å²) in [6.45, 7) is 13.4. The summed E-state index contributed by atoms with van der Waals surface area (Å²) in [5.74, 6) is 1.75. The standard InChI is InChI=1S/C29H34N4OS/c1-28(2,3)21-16-20(17-22(18-21)29(4,5)6)27-33-32-25(34-27)14-11-19-9-12-23(13-10-19)31-26(30)24-8-7-15-35-24/h7-10,12-13,15-18H,11,14H2,1-6H3,(H2,30,31). The molecule has 0 amide bonds. The van der Waals surface area contributed by atoms with Crippen molar-refractivity contribution in [1.29, 1.82) is 0 Å². The van der Waals surface area contributed by atoms with Gasteiger partial charge in [0.2, 0.25) is 11.8 Å². The van der Waals surface area contributed by atoms with E-state index in [1.807, 2.05) is 29.6 Å². The number of benzene rings is 2. The largest absolute Gasteiger partial charge is 0.421 e. The summed E-state index contributed by atoms with van der Waals surface area (Å²) in [6.07, 6.45) is 1.49. The number of thiophene rings is 1. The van der Waals surface area contributed by atoms with Gasteiger partial charge in [0.25, 0.3) is 0 Å². The lowest BCUT2D eigenvalue weighted by Gasteiger charge is -2.25. The van der Waals surface area contributed by atoms with Crippen LogP contribution in [0.3, 0.4) is 0 Å². The van der Waals surface area contributed by atoms with Gasteiger partial charge in [0.05, 0.1) is 10.6 Å². The molecule has 0 aliphatic rings. The number of nitrogens with two attached hydrogens (primary N) is 1. The quantitative estimate of drug-likeness (QED) is 0.231. The molecule has 6 heteroatoms. The van der Waals surface area contributed by atoms with E-state index in [1.165, 1.54) is 16.7 Å². The number of hydrogen-bond donors (Lipinski definition) is 1. The predicted molar refractivity (Wildman–Crippen MR) is 146 cm³/mol. The fraction of sp³-hybridized carbons (Fsp3) is 0.345. The molecular weight excluding hydrogens is 452 g/mol. The van der Waals surface area contributed by atoms with E-state index in [9.17, 15) is 0 Å². The Hall–Kier alpha value is -3.25. The van der Waals surface area contributed by atoms with Crippen molar-refractivity contribution >= 4 is 22.9 Å². The van der Waals surface area contributed by atoms with Crippen LogP contribution >= 0.6 is 11.3 Å². The number of hydrogen-bond acceptors (Lipinski definition) is 5. The van der Waals surface area contributed by atoms with Gasteiger partial charge in [0.15, 0.2) is 0 Å². The predicted octanol–water partition coefficient (Wildman–Crippen LogP) is 7.22. The highest BCUT2D eigenvalue weighted by Gasteiger charge is 2.22. The molecule has 0 atom stereocenters. The molecule has 4 aromatic rings. The molecule has 0 saturated carbocycles. The van der Waals surface area contributed by atoms with Gasteiger partial charge in [0.1, 0.15) is 5.84 Å². The van der Waals surface area contributed by atoms with Crippen LogP contribution < -0.4 is 5.73 Å². The van der Waals surface area contributed by atoms with Gasteiger partial charge in [-0.25, -0.2) is 4.99 Å². The molecule has 182 valence electrons. The Bertz CT molecular complexity index is 1270. The molecule has 2 aromatic carbocycles. The number of aromatic nitrogens is 2. The molecule has 0 fully saturated rings. The number of aryl methyl sites for hydroxylation is 2. The highest BCUT2D eigenvalue weighted by Crippen LogP contribution is 2.33. The summed E-state index contributed by atoms with van der Waals surface area (Å²) in [4.78, 5) is 5.49. The third kappa shape index (κ3) is 6.25. The zero-order chi connectivity index (χ0) is 25.2. The van der Waals surface area contributed by atoms with Crippen LogP contribution in [-0.4, -0.2) is 16.0 Å². The molecule has 0 aliphatic carbocycles. The van der Waals surface area contributed by atoms with Crippen LogP contribution in [0.15, 0.2) is 69.4 Å². The molecular formula is C29H34N4OS. The summed E-state index contributed by atoms with van der Waals surface area (Å²) in [5.41, 5.74) is 11.7. The van der Waals surface area contributed by atoms with E-state index in [1.54, 1.807) is 11.3 Å². The van der Waals surface area contributed by atoms with Crippen LogP contribution in [0.2, 0.25) is 0 Å². The number of aliphatic imine (C=N–C) groups is 1. The van der Waals surface area contributed by atoms with Crippen LogP contribution in [0.5, 0.6) is 0 Å². The molecule has 0 spiro atoms. The Labute approximate surface area is 212 Å². The summed E-state index contributed by atoms with van der Waals surface area (Å²) >= 11 is 1.58. The summed E-state index contributed by atoms with van der Waals surface area (Å²) < 4.78 is 6.09. The fourth-order valence-electron chi connectivity index (χ4n) is 3.70. The van der Waals surface area contributed by atoms with Crippen LogP contribution in [0.4, 0.5) is 5.69 Å². The highest BCUT2D eigenvalue weighted by molar-refractivity contribution is 7.12. The van der Waals surface area contributed by atoms with Crippen LogP contribution in [0.1, 0.15) is 69.0 Å². The minimum atomic E-state index is 0.0313. The average Bonchev–Trinajstić information content (AvgIpc) is 3.50. The van der Waals surface area contributed by atoms with Crippen molar-refractivity contribution in [3.05, 3.63) is 87.4 Å². The van der Waals surface area contributed by atoms with Crippen molar-refractivity contribution < 1.29 is 4.42 Å². The minimum absolute atomic E-state index is 0.0313. The molecule has 35 heavy (non-hydrogen) atoms. The van der Waals surface area contributed by atoms with Gasteiger partial charge < -0.3 is 10.2 Å². The second-order valence-corrected chi connectivity index (χ2v) is 11.9. The van der Waals surface area contributed by atoms with Crippen LogP contribution in [0.25, 0.3) is 11.5 Å². The van der Waals surface area contributed by atoms with E-state index in [2.05, 4.69) is 87.1 Å². The van der Waals surface area contributed by atoms with Gasteiger partial charge in [-0.15, -0.1) is 21.5 Å². The van der Waals surface area contributed by atoms with Crippen LogP contribution in [0, 0.1) is 0 Å². The van der Waals surface area contributed by atoms with Crippen molar-refractivity contribution in [2.24, 2.45) is 10.7 Å². The molecule has 5 nitrogen and oxygen atoms in total. The van der Waals surface area contributed by atoms with Gasteiger partial charge >= 0.3 is 0 Å². The van der Waals surface area contributed by atoms with E-state index in [-0.39, 0.29) is 10.8 Å². The molecule has 2 N–H and O–H groups in total. The van der Waals surface area contributed by atoms with Crippen molar-refractivity contribution in [3.8, 4) is 11.5 Å². The summed E-state index contributed by atoms with van der Waals surface area (Å²) in [7, 11) is 0. The molecule has 4 rings (SSSR count). The first-order valence-electron chi connectivity index (χ1n) is 11.9. The molecule has 0 saturated heterocycles. The van der Waals surface area contributed by atoms with Crippen molar-refractivity contribution in [2.75, 3.05) is 0 Å². The molecule has 0 unspecified atom stereocenters. The Balaban J connectivity index is 1.47. The van der Waals surface area contributed by atoms with E-state index in [0.29, 0.717) is 24.0 Å². The second-order valence-electron chi connectivity index (χ2n) is 10.9. The lowest BCUT2D eigenvalue weighted by atomic mass is 9.79. The molecule has 0 radical (unpaired) electrons. The number of nitrogens with zero attached hydrogens (tertiary/aromatic N) is 3. The third-order valence-corrected chi connectivity index (χ3v) is 6.86. The van der Waals surface area contributed by atoms with E-state index < -0.39 is 0 Å². The highest BCUT2D eigenvalue weighted by atomic mass is 32.1. The first kappa shape index (κ1) is 24.9. The van der Waals surface area contributed by atoms with Gasteiger partial charge in [-0.05, 0) is 69.7 Å². The molecule has 2 heterocycles. The van der Waals surface area contributed by atoms with Crippen LogP contribution in [-0.2, 0) is 23.7 Å². The second kappa shape index (κ2) is 9.78. The average molecular weight is 487 g/mol. The van der Waals surface area contributed by atoms with Crippen molar-refractivity contribution in [2.45, 2.75) is 65.2 Å². The van der Waals surface area contributed by atoms with Gasteiger partial charge in [-0.3, -0.25) is 0 Å². The van der Waals surface area contributed by atoms with Gasteiger partial charge in [0, 0.05) is 12.0 Å². The SMILES string of the molecule is CC(C)(C)c1cc(-c2nnc(CCc3ccc(N=C(N)c4cccs4)cc3)o2)cc(C(C)(C)C)c1. The topological polar surface area (TPSA) is 77.3 Å². The number of rotatable bonds is 6. The molecule has 0 aliphatic heterocycles. The monoisotopic (exact) mass is 486 g/mol. The maximum atomic E-state index is 6.09. The smallest absolute Gasteiger partial charge is 0.247 e. The van der Waals surface area contributed by atoms with Gasteiger partial charge in [-0.1, -0.05) is 65.8 Å². The molecule has 0 bridgehead atoms. The Morgan fingerprint density at radius 2 is 1.54 bits per heavy atom. The third-order valence-electron chi connectivity index (χ3n) is 5.97.